The molecule has 1 heterocycles. The van der Waals surface area contributed by atoms with Gasteiger partial charge in [-0.2, -0.15) is 0 Å². The molecule has 2 N–H and O–H groups in total. The molecule has 0 unspecified atom stereocenters. The Hall–Kier alpha value is -2.19. The van der Waals surface area contributed by atoms with E-state index in [4.69, 9.17) is 4.74 Å². The lowest BCUT2D eigenvalue weighted by Crippen LogP contribution is -2.40. The molecule has 2 rings (SSSR count). The number of amides is 2. The molecular formula is C16H13Br2N3O3. The Kier molecular flexibility index (Phi) is 6.51. The molecule has 1 aromatic carbocycles. The molecule has 0 bridgehead atoms. The van der Waals surface area contributed by atoms with Crippen LogP contribution in [0.15, 0.2) is 51.7 Å². The lowest BCUT2D eigenvalue weighted by atomic mass is 10.2. The van der Waals surface area contributed by atoms with Gasteiger partial charge in [0.15, 0.2) is 0 Å². The lowest BCUT2D eigenvalue weighted by molar-refractivity contribution is -0.117. The minimum atomic E-state index is -0.476. The third kappa shape index (κ3) is 4.90. The summed E-state index contributed by atoms with van der Waals surface area (Å²) in [7, 11) is 1.54. The Balaban J connectivity index is 2.00. The molecule has 0 aliphatic carbocycles. The molecular weight excluding hydrogens is 442 g/mol. The van der Waals surface area contributed by atoms with Crippen molar-refractivity contribution >= 4 is 49.8 Å². The molecule has 2 aromatic rings. The molecule has 0 aliphatic heterocycles. The second-order valence-corrected chi connectivity index (χ2v) is 6.29. The fraction of sp³-hybridized carbons (Fsp3) is 0.0625. The lowest BCUT2D eigenvalue weighted by Gasteiger charge is -2.08. The molecule has 124 valence electrons. The zero-order chi connectivity index (χ0) is 17.5. The zero-order valence-corrected chi connectivity index (χ0v) is 15.7. The number of halogens is 2. The molecule has 6 nitrogen and oxygen atoms in total. The number of ether oxygens (including phenoxy) is 1. The maximum absolute atomic E-state index is 11.8. The topological polar surface area (TPSA) is 80.3 Å². The number of aromatic nitrogens is 1. The summed E-state index contributed by atoms with van der Waals surface area (Å²) in [6.07, 6.45) is 5.87. The second kappa shape index (κ2) is 8.60. The Morgan fingerprint density at radius 3 is 2.54 bits per heavy atom. The quantitative estimate of drug-likeness (QED) is 0.549. The van der Waals surface area contributed by atoms with Gasteiger partial charge in [-0.25, -0.2) is 0 Å². The first-order valence-electron chi connectivity index (χ1n) is 6.72. The predicted octanol–water partition coefficient (Wildman–Crippen LogP) is 3.09. The van der Waals surface area contributed by atoms with E-state index in [0.29, 0.717) is 16.9 Å². The van der Waals surface area contributed by atoms with Crippen LogP contribution < -0.4 is 15.6 Å². The van der Waals surface area contributed by atoms with Crippen molar-refractivity contribution in [1.82, 2.24) is 15.8 Å². The maximum atomic E-state index is 11.8. The molecule has 2 amide bonds. The Bertz CT molecular complexity index is 780. The molecule has 0 atom stereocenters. The van der Waals surface area contributed by atoms with Gasteiger partial charge in [0.05, 0.1) is 11.6 Å². The summed E-state index contributed by atoms with van der Waals surface area (Å²) < 4.78 is 6.88. The SMILES string of the molecule is COc1c(Br)cc(Br)cc1C=CC(=O)NNC(=O)c1ccncc1. The number of nitrogens with zero attached hydrogens (tertiary/aromatic N) is 1. The standard InChI is InChI=1S/C16H13Br2N3O3/c1-24-15-11(8-12(17)9-13(15)18)2-3-14(22)20-21-16(23)10-4-6-19-7-5-10/h2-9H,1H3,(H,20,22)(H,21,23). The number of carbonyl (C=O) groups is 2. The van der Waals surface area contributed by atoms with Crippen LogP contribution in [0.4, 0.5) is 0 Å². The van der Waals surface area contributed by atoms with Gasteiger partial charge in [-0.3, -0.25) is 25.4 Å². The molecule has 0 saturated heterocycles. The highest BCUT2D eigenvalue weighted by Crippen LogP contribution is 2.33. The second-order valence-electron chi connectivity index (χ2n) is 4.52. The minimum absolute atomic E-state index is 0.395. The minimum Gasteiger partial charge on any atom is -0.495 e. The van der Waals surface area contributed by atoms with Gasteiger partial charge in [-0.05, 0) is 46.3 Å². The van der Waals surface area contributed by atoms with Crippen molar-refractivity contribution in [3.63, 3.8) is 0 Å². The highest BCUT2D eigenvalue weighted by Gasteiger charge is 2.08. The molecule has 0 aliphatic rings. The van der Waals surface area contributed by atoms with Crippen molar-refractivity contribution in [2.24, 2.45) is 0 Å². The number of hydrazine groups is 1. The summed E-state index contributed by atoms with van der Waals surface area (Å²) >= 11 is 6.77. The van der Waals surface area contributed by atoms with E-state index in [0.717, 1.165) is 8.95 Å². The first kappa shape index (κ1) is 18.2. The number of rotatable bonds is 4. The number of pyridine rings is 1. The van der Waals surface area contributed by atoms with Gasteiger partial charge in [0, 0.05) is 34.1 Å². The van der Waals surface area contributed by atoms with Crippen molar-refractivity contribution in [3.05, 3.63) is 62.8 Å². The third-order valence-corrected chi connectivity index (χ3v) is 3.94. The largest absolute Gasteiger partial charge is 0.495 e. The van der Waals surface area contributed by atoms with E-state index in [-0.39, 0.29) is 0 Å². The molecule has 1 aromatic heterocycles. The molecule has 0 fully saturated rings. The average molecular weight is 455 g/mol. The number of hydrogen-bond donors (Lipinski definition) is 2. The molecule has 0 spiro atoms. The van der Waals surface area contributed by atoms with Gasteiger partial charge in [0.25, 0.3) is 11.8 Å². The van der Waals surface area contributed by atoms with Gasteiger partial charge in [0.2, 0.25) is 0 Å². The van der Waals surface area contributed by atoms with Gasteiger partial charge in [-0.1, -0.05) is 15.9 Å². The van der Waals surface area contributed by atoms with Crippen LogP contribution in [0.1, 0.15) is 15.9 Å². The fourth-order valence-corrected chi connectivity index (χ4v) is 3.24. The summed E-state index contributed by atoms with van der Waals surface area (Å²) in [5.74, 6) is -0.305. The van der Waals surface area contributed by atoms with E-state index in [2.05, 4.69) is 47.7 Å². The van der Waals surface area contributed by atoms with Gasteiger partial charge in [0.1, 0.15) is 5.75 Å². The van der Waals surface area contributed by atoms with Crippen LogP contribution in [0.5, 0.6) is 5.75 Å². The van der Waals surface area contributed by atoms with Crippen molar-refractivity contribution in [2.45, 2.75) is 0 Å². The zero-order valence-electron chi connectivity index (χ0n) is 12.5. The third-order valence-electron chi connectivity index (χ3n) is 2.90. The van der Waals surface area contributed by atoms with Crippen LogP contribution >= 0.6 is 31.9 Å². The van der Waals surface area contributed by atoms with E-state index < -0.39 is 11.8 Å². The van der Waals surface area contributed by atoms with Crippen molar-refractivity contribution in [2.75, 3.05) is 7.11 Å². The smallest absolute Gasteiger partial charge is 0.269 e. The van der Waals surface area contributed by atoms with Crippen molar-refractivity contribution < 1.29 is 14.3 Å². The van der Waals surface area contributed by atoms with Gasteiger partial charge < -0.3 is 4.74 Å². The van der Waals surface area contributed by atoms with E-state index in [9.17, 15) is 9.59 Å². The monoisotopic (exact) mass is 453 g/mol. The average Bonchev–Trinajstić information content (AvgIpc) is 2.58. The maximum Gasteiger partial charge on any atom is 0.269 e. The first-order valence-corrected chi connectivity index (χ1v) is 8.31. The summed E-state index contributed by atoms with van der Waals surface area (Å²) in [6.45, 7) is 0. The Morgan fingerprint density at radius 1 is 1.17 bits per heavy atom. The van der Waals surface area contributed by atoms with Crippen LogP contribution in [-0.4, -0.2) is 23.9 Å². The molecule has 8 heteroatoms. The van der Waals surface area contributed by atoms with E-state index in [1.165, 1.54) is 18.5 Å². The normalized spacial score (nSPS) is 10.5. The van der Waals surface area contributed by atoms with Crippen molar-refractivity contribution in [1.29, 1.82) is 0 Å². The Morgan fingerprint density at radius 2 is 1.88 bits per heavy atom. The van der Waals surface area contributed by atoms with Gasteiger partial charge >= 0.3 is 0 Å². The van der Waals surface area contributed by atoms with Crippen LogP contribution in [0.2, 0.25) is 0 Å². The summed E-state index contributed by atoms with van der Waals surface area (Å²) in [6, 6.07) is 6.73. The highest BCUT2D eigenvalue weighted by atomic mass is 79.9. The van der Waals surface area contributed by atoms with Crippen LogP contribution in [-0.2, 0) is 4.79 Å². The number of nitrogens with one attached hydrogen (secondary N) is 2. The van der Waals surface area contributed by atoms with Gasteiger partial charge in [-0.15, -0.1) is 0 Å². The Labute approximate surface area is 155 Å². The number of benzene rings is 1. The number of carbonyl (C=O) groups excluding carboxylic acids is 2. The van der Waals surface area contributed by atoms with Crippen LogP contribution in [0.25, 0.3) is 6.08 Å². The summed E-state index contributed by atoms with van der Waals surface area (Å²) in [5.41, 5.74) is 5.73. The first-order chi connectivity index (χ1) is 11.5. The molecule has 0 radical (unpaired) electrons. The molecule has 0 saturated carbocycles. The molecule has 24 heavy (non-hydrogen) atoms. The van der Waals surface area contributed by atoms with E-state index in [1.807, 2.05) is 12.1 Å². The van der Waals surface area contributed by atoms with E-state index >= 15 is 0 Å². The number of methoxy groups -OCH3 is 1. The van der Waals surface area contributed by atoms with Crippen LogP contribution in [0, 0.1) is 0 Å². The summed E-state index contributed by atoms with van der Waals surface area (Å²) in [4.78, 5) is 27.5. The van der Waals surface area contributed by atoms with Crippen molar-refractivity contribution in [3.8, 4) is 5.75 Å². The summed E-state index contributed by atoms with van der Waals surface area (Å²) in [5, 5.41) is 0. The predicted molar refractivity (Wildman–Crippen MR) is 97.3 cm³/mol. The van der Waals surface area contributed by atoms with E-state index in [1.54, 1.807) is 25.3 Å². The van der Waals surface area contributed by atoms with Crippen LogP contribution in [0.3, 0.4) is 0 Å². The fourth-order valence-electron chi connectivity index (χ4n) is 1.82. The number of hydrogen-bond acceptors (Lipinski definition) is 4. The highest BCUT2D eigenvalue weighted by molar-refractivity contribution is 9.11.